The third kappa shape index (κ3) is 5.26. The van der Waals surface area contributed by atoms with Crippen LogP contribution in [0.3, 0.4) is 0 Å². The maximum absolute atomic E-state index is 11.7. The van der Waals surface area contributed by atoms with E-state index in [0.29, 0.717) is 19.6 Å². The van der Waals surface area contributed by atoms with Gasteiger partial charge in [-0.1, -0.05) is 12.1 Å². The Morgan fingerprint density at radius 1 is 1.35 bits per heavy atom. The van der Waals surface area contributed by atoms with Crippen molar-refractivity contribution in [1.82, 2.24) is 20.9 Å². The van der Waals surface area contributed by atoms with E-state index in [4.69, 9.17) is 10.5 Å². The van der Waals surface area contributed by atoms with Gasteiger partial charge in [-0.25, -0.2) is 4.63 Å². The van der Waals surface area contributed by atoms with E-state index in [1.54, 1.807) is 0 Å². The normalized spacial score (nSPS) is 10.7. The van der Waals surface area contributed by atoms with Crippen molar-refractivity contribution in [3.63, 3.8) is 0 Å². The highest BCUT2D eigenvalue weighted by atomic mass is 16.6. The van der Waals surface area contributed by atoms with Crippen LogP contribution in [0.15, 0.2) is 28.9 Å². The van der Waals surface area contributed by atoms with Crippen LogP contribution in [0.4, 0.5) is 5.82 Å². The highest BCUT2D eigenvalue weighted by Gasteiger charge is 2.14. The quantitative estimate of drug-likeness (QED) is 0.621. The van der Waals surface area contributed by atoms with Crippen LogP contribution in [0.25, 0.3) is 0 Å². The minimum Gasteiger partial charge on any atom is -0.491 e. The highest BCUT2D eigenvalue weighted by molar-refractivity contribution is 5.95. The van der Waals surface area contributed by atoms with Gasteiger partial charge in [0.25, 0.3) is 5.91 Å². The molecule has 0 unspecified atom stereocenters. The number of carbonyl (C=O) groups excluding carboxylic acids is 1. The smallest absolute Gasteiger partial charge is 0.277 e. The first-order chi connectivity index (χ1) is 11.1. The number of anilines is 1. The number of nitrogens with zero attached hydrogens (tertiary/aromatic N) is 2. The van der Waals surface area contributed by atoms with Crippen LogP contribution < -0.4 is 21.1 Å². The van der Waals surface area contributed by atoms with Crippen molar-refractivity contribution in [3.05, 3.63) is 35.5 Å². The van der Waals surface area contributed by atoms with Gasteiger partial charge in [0, 0.05) is 19.6 Å². The van der Waals surface area contributed by atoms with E-state index in [-0.39, 0.29) is 17.6 Å². The average molecular weight is 319 g/mol. The second-order valence-electron chi connectivity index (χ2n) is 5.24. The van der Waals surface area contributed by atoms with Gasteiger partial charge in [-0.05, 0) is 41.9 Å². The lowest BCUT2D eigenvalue weighted by Crippen LogP contribution is -2.32. The zero-order valence-electron chi connectivity index (χ0n) is 13.2. The van der Waals surface area contributed by atoms with Gasteiger partial charge in [0.1, 0.15) is 5.75 Å². The Balaban J connectivity index is 1.69. The van der Waals surface area contributed by atoms with Crippen LogP contribution in [0.5, 0.6) is 5.75 Å². The molecule has 8 nitrogen and oxygen atoms in total. The Labute approximate surface area is 134 Å². The molecule has 0 radical (unpaired) electrons. The number of rotatable bonds is 8. The molecular formula is C15H21N5O3. The van der Waals surface area contributed by atoms with Crippen molar-refractivity contribution in [3.8, 4) is 5.75 Å². The molecule has 1 amide bonds. The lowest BCUT2D eigenvalue weighted by Gasteiger charge is -2.11. The van der Waals surface area contributed by atoms with E-state index in [2.05, 4.69) is 25.6 Å². The van der Waals surface area contributed by atoms with E-state index in [1.165, 1.54) is 0 Å². The molecule has 0 saturated carbocycles. The number of nitrogen functional groups attached to an aromatic ring is 1. The van der Waals surface area contributed by atoms with Crippen molar-refractivity contribution >= 4 is 11.7 Å². The minimum absolute atomic E-state index is 0.00327. The van der Waals surface area contributed by atoms with Crippen molar-refractivity contribution < 1.29 is 14.2 Å². The molecule has 4 N–H and O–H groups in total. The van der Waals surface area contributed by atoms with Crippen LogP contribution in [-0.4, -0.2) is 35.4 Å². The lowest BCUT2D eigenvalue weighted by molar-refractivity contribution is 0.0944. The predicted octanol–water partition coefficient (Wildman–Crippen LogP) is 0.959. The molecule has 2 rings (SSSR count). The molecule has 0 bridgehead atoms. The summed E-state index contributed by atoms with van der Waals surface area (Å²) >= 11 is 0. The van der Waals surface area contributed by atoms with Crippen molar-refractivity contribution in [2.75, 3.05) is 18.8 Å². The molecular weight excluding hydrogens is 298 g/mol. The fraction of sp³-hybridized carbons (Fsp3) is 0.400. The fourth-order valence-electron chi connectivity index (χ4n) is 1.93. The lowest BCUT2D eigenvalue weighted by atomic mass is 10.2. The molecule has 0 saturated heterocycles. The summed E-state index contributed by atoms with van der Waals surface area (Å²) in [5, 5.41) is 12.7. The molecule has 0 aliphatic carbocycles. The van der Waals surface area contributed by atoms with Gasteiger partial charge in [0.05, 0.1) is 6.10 Å². The van der Waals surface area contributed by atoms with Gasteiger partial charge in [-0.15, -0.1) is 0 Å². The molecule has 1 aromatic heterocycles. The molecule has 8 heteroatoms. The fourth-order valence-corrected chi connectivity index (χ4v) is 1.93. The van der Waals surface area contributed by atoms with Crippen LogP contribution in [0.1, 0.15) is 29.9 Å². The average Bonchev–Trinajstić information content (AvgIpc) is 2.92. The third-order valence-electron chi connectivity index (χ3n) is 2.92. The van der Waals surface area contributed by atoms with Gasteiger partial charge in [0.2, 0.25) is 11.5 Å². The number of aromatic nitrogens is 2. The largest absolute Gasteiger partial charge is 0.491 e. The summed E-state index contributed by atoms with van der Waals surface area (Å²) in [5.41, 5.74) is 6.55. The molecule has 23 heavy (non-hydrogen) atoms. The van der Waals surface area contributed by atoms with E-state index >= 15 is 0 Å². The van der Waals surface area contributed by atoms with Crippen molar-refractivity contribution in [2.24, 2.45) is 0 Å². The van der Waals surface area contributed by atoms with Crippen molar-refractivity contribution in [2.45, 2.75) is 26.5 Å². The summed E-state index contributed by atoms with van der Waals surface area (Å²) in [6.07, 6.45) is 0.145. The Morgan fingerprint density at radius 3 is 2.87 bits per heavy atom. The molecule has 1 heterocycles. The second-order valence-corrected chi connectivity index (χ2v) is 5.24. The zero-order valence-corrected chi connectivity index (χ0v) is 13.2. The standard InChI is InChI=1S/C15H21N5O3/c1-10(2)22-12-5-3-4-11(8-12)9-17-6-7-18-15(21)13-14(16)20-23-19-13/h3-5,8,10,17H,6-7,9H2,1-2H3,(H2,16,20)(H,18,21). The van der Waals surface area contributed by atoms with Crippen LogP contribution >= 0.6 is 0 Å². The number of benzene rings is 1. The Morgan fingerprint density at radius 2 is 2.17 bits per heavy atom. The monoisotopic (exact) mass is 319 g/mol. The first kappa shape index (κ1) is 16.8. The summed E-state index contributed by atoms with van der Waals surface area (Å²) in [7, 11) is 0. The summed E-state index contributed by atoms with van der Waals surface area (Å²) in [6, 6.07) is 7.89. The Kier molecular flexibility index (Phi) is 5.93. The Bertz CT molecular complexity index is 642. The van der Waals surface area contributed by atoms with Crippen LogP contribution in [0, 0.1) is 0 Å². The predicted molar refractivity (Wildman–Crippen MR) is 85.0 cm³/mol. The molecule has 124 valence electrons. The van der Waals surface area contributed by atoms with E-state index < -0.39 is 5.91 Å². The topological polar surface area (TPSA) is 115 Å². The number of nitrogens with two attached hydrogens (primary N) is 1. The number of nitrogens with one attached hydrogen (secondary N) is 2. The molecule has 0 aliphatic rings. The highest BCUT2D eigenvalue weighted by Crippen LogP contribution is 2.14. The van der Waals surface area contributed by atoms with E-state index in [9.17, 15) is 4.79 Å². The van der Waals surface area contributed by atoms with Crippen LogP contribution in [0.2, 0.25) is 0 Å². The van der Waals surface area contributed by atoms with Gasteiger partial charge in [-0.2, -0.15) is 0 Å². The maximum Gasteiger partial charge on any atom is 0.277 e. The molecule has 0 aliphatic heterocycles. The number of hydrogen-bond donors (Lipinski definition) is 3. The first-order valence-corrected chi connectivity index (χ1v) is 7.39. The first-order valence-electron chi connectivity index (χ1n) is 7.39. The zero-order chi connectivity index (χ0) is 16.7. The molecule has 1 aromatic carbocycles. The number of hydrogen-bond acceptors (Lipinski definition) is 7. The number of ether oxygens (including phenoxy) is 1. The summed E-state index contributed by atoms with van der Waals surface area (Å²) in [4.78, 5) is 11.7. The number of carbonyl (C=O) groups is 1. The number of amides is 1. The second kappa shape index (κ2) is 8.14. The molecule has 0 atom stereocenters. The van der Waals surface area contributed by atoms with Gasteiger partial charge in [-0.3, -0.25) is 4.79 Å². The van der Waals surface area contributed by atoms with Gasteiger partial charge in [0.15, 0.2) is 0 Å². The van der Waals surface area contributed by atoms with E-state index in [0.717, 1.165) is 11.3 Å². The molecule has 2 aromatic rings. The van der Waals surface area contributed by atoms with Crippen molar-refractivity contribution in [1.29, 1.82) is 0 Å². The Hall–Kier alpha value is -2.61. The van der Waals surface area contributed by atoms with Gasteiger partial charge >= 0.3 is 0 Å². The maximum atomic E-state index is 11.7. The third-order valence-corrected chi connectivity index (χ3v) is 2.92. The molecule has 0 spiro atoms. The SMILES string of the molecule is CC(C)Oc1cccc(CNCCNC(=O)c2nonc2N)c1. The van der Waals surface area contributed by atoms with Crippen LogP contribution in [-0.2, 0) is 6.54 Å². The minimum atomic E-state index is -0.405. The van der Waals surface area contributed by atoms with E-state index in [1.807, 2.05) is 38.1 Å². The summed E-state index contributed by atoms with van der Waals surface area (Å²) in [6.45, 7) is 5.70. The summed E-state index contributed by atoms with van der Waals surface area (Å²) in [5.74, 6) is 0.428. The summed E-state index contributed by atoms with van der Waals surface area (Å²) < 4.78 is 10.0. The van der Waals surface area contributed by atoms with Gasteiger partial charge < -0.3 is 21.1 Å². The molecule has 0 fully saturated rings.